The van der Waals surface area contributed by atoms with Crippen molar-refractivity contribution >= 4 is 0 Å². The van der Waals surface area contributed by atoms with Crippen molar-refractivity contribution in [2.24, 2.45) is 0 Å². The fraction of sp³-hybridized carbons (Fsp3) is 0.321. The molecule has 0 spiro atoms. The molecule has 6 aromatic rings. The second-order valence-electron chi connectivity index (χ2n) is 17.7. The summed E-state index contributed by atoms with van der Waals surface area (Å²) in [5.74, 6) is 1.16. The van der Waals surface area contributed by atoms with Crippen LogP contribution in [-0.4, -0.2) is 52.6 Å². The van der Waals surface area contributed by atoms with E-state index in [1.54, 1.807) is 38.5 Å². The molecule has 0 aromatic heterocycles. The first-order valence-corrected chi connectivity index (χ1v) is 20.5. The van der Waals surface area contributed by atoms with Crippen LogP contribution in [0.1, 0.15) is 88.8 Å². The Balaban J connectivity index is 0.000000257. The Labute approximate surface area is 383 Å². The van der Waals surface area contributed by atoms with E-state index in [9.17, 15) is 20.4 Å². The minimum atomic E-state index is -1.60. The predicted octanol–water partition coefficient (Wildman–Crippen LogP) is 10.8. The van der Waals surface area contributed by atoms with Crippen LogP contribution in [0.25, 0.3) is 0 Å². The van der Waals surface area contributed by atoms with E-state index < -0.39 is 29.2 Å². The van der Waals surface area contributed by atoms with E-state index in [1.807, 2.05) is 147 Å². The molecule has 6 aromatic carbocycles. The Kier molecular flexibility index (Phi) is 16.4. The van der Waals surface area contributed by atoms with E-state index in [0.717, 1.165) is 22.6 Å². The van der Waals surface area contributed by atoms with Gasteiger partial charge in [0.05, 0.1) is 14.2 Å². The van der Waals surface area contributed by atoms with Gasteiger partial charge < -0.3 is 39.4 Å². The fourth-order valence-corrected chi connectivity index (χ4v) is 7.62. The predicted molar refractivity (Wildman–Crippen MR) is 242 cm³/mol. The summed E-state index contributed by atoms with van der Waals surface area (Å²) in [6, 6.07) is 48.4. The van der Waals surface area contributed by atoms with Crippen molar-refractivity contribution in [2.75, 3.05) is 14.2 Å². The minimum absolute atomic E-state index is 0. The van der Waals surface area contributed by atoms with E-state index in [-0.39, 0.29) is 32.5 Å². The Bertz CT molecular complexity index is 2040. The zero-order valence-corrected chi connectivity index (χ0v) is 39.1. The van der Waals surface area contributed by atoms with Crippen molar-refractivity contribution in [3.63, 3.8) is 0 Å². The molecule has 1 saturated heterocycles. The van der Waals surface area contributed by atoms with Gasteiger partial charge in [0.1, 0.15) is 46.4 Å². The van der Waals surface area contributed by atoms with E-state index in [0.29, 0.717) is 33.8 Å². The van der Waals surface area contributed by atoms with Crippen LogP contribution < -0.4 is 9.47 Å². The summed E-state index contributed by atoms with van der Waals surface area (Å²) in [5, 5.41) is 44.4. The Hall–Kier alpha value is -4.93. The molecule has 1 fully saturated rings. The largest absolute Gasteiger partial charge is 0.508 e. The Morgan fingerprint density at radius 3 is 0.935 bits per heavy atom. The number of hydrogen-bond donors (Lipinski definition) is 4. The maximum atomic E-state index is 12.6. The molecule has 326 valence electrons. The fourth-order valence-electron chi connectivity index (χ4n) is 7.62. The number of aliphatic hydroxyl groups is 2. The van der Waals surface area contributed by atoms with Crippen molar-refractivity contribution in [3.8, 4) is 23.0 Å². The van der Waals surface area contributed by atoms with Gasteiger partial charge in [-0.15, -0.1) is 0 Å². The maximum Gasteiger partial charge on any atom is 0.164 e. The van der Waals surface area contributed by atoms with Crippen molar-refractivity contribution in [1.29, 1.82) is 0 Å². The van der Waals surface area contributed by atoms with Crippen LogP contribution in [0.2, 0.25) is 0 Å². The van der Waals surface area contributed by atoms with Gasteiger partial charge in [0.2, 0.25) is 0 Å². The number of benzene rings is 6. The summed E-state index contributed by atoms with van der Waals surface area (Å²) in [6.07, 6.45) is -1.87. The molecule has 9 heteroatoms. The van der Waals surface area contributed by atoms with E-state index >= 15 is 0 Å². The molecule has 4 N–H and O–H groups in total. The molecule has 0 saturated carbocycles. The van der Waals surface area contributed by atoms with E-state index in [4.69, 9.17) is 18.9 Å². The quantitative estimate of drug-likeness (QED) is 0.112. The SMILES string of the molecule is CC1(C)O[C@@H](C(O)(c2ccccc2)c2ccccc2)[C@H](C(O)(c2ccccc2)c2ccccc2)O1.COc1ccc(O)c(C(C)(C)C)c1.COc1ccc(O)c(C(C)(C)C)c1.[Ti]. The van der Waals surface area contributed by atoms with Gasteiger partial charge in [-0.2, -0.15) is 0 Å². The van der Waals surface area contributed by atoms with Crippen molar-refractivity contribution in [1.82, 2.24) is 0 Å². The van der Waals surface area contributed by atoms with Crippen LogP contribution in [0.3, 0.4) is 0 Å². The van der Waals surface area contributed by atoms with E-state index in [2.05, 4.69) is 41.5 Å². The number of hydrogen-bond acceptors (Lipinski definition) is 8. The molecule has 0 unspecified atom stereocenters. The summed E-state index contributed by atoms with van der Waals surface area (Å²) in [7, 11) is 3.25. The average Bonchev–Trinajstić information content (AvgIpc) is 3.60. The second-order valence-corrected chi connectivity index (χ2v) is 17.7. The van der Waals surface area contributed by atoms with Crippen molar-refractivity contribution in [2.45, 2.75) is 95.4 Å². The van der Waals surface area contributed by atoms with Gasteiger partial charge in [-0.1, -0.05) is 163 Å². The molecule has 0 bridgehead atoms. The van der Waals surface area contributed by atoms with Crippen LogP contribution in [0, 0.1) is 0 Å². The topological polar surface area (TPSA) is 118 Å². The molecular weight excluding hydrogens is 812 g/mol. The smallest absolute Gasteiger partial charge is 0.164 e. The molecular formula is C53H62O8Ti. The van der Waals surface area contributed by atoms with Gasteiger partial charge in [0.25, 0.3) is 0 Å². The van der Waals surface area contributed by atoms with Crippen LogP contribution in [-0.2, 0) is 53.2 Å². The van der Waals surface area contributed by atoms with Crippen molar-refractivity contribution < 1.29 is 61.1 Å². The monoisotopic (exact) mass is 874 g/mol. The third kappa shape index (κ3) is 11.4. The first-order valence-electron chi connectivity index (χ1n) is 20.5. The van der Waals surface area contributed by atoms with E-state index in [1.165, 1.54) is 0 Å². The minimum Gasteiger partial charge on any atom is -0.508 e. The first kappa shape index (κ1) is 49.7. The van der Waals surface area contributed by atoms with Gasteiger partial charge >= 0.3 is 0 Å². The molecule has 1 heterocycles. The molecule has 1 aliphatic rings. The standard InChI is InChI=1S/C31H30O4.2C11H16O2.Ti/c1-29(2)34-27(30(32,23-15-7-3-8-16-23)24-17-9-4-10-18-24)28(35-29)31(33,25-19-11-5-12-20-25)26-21-13-6-14-22-26;2*1-11(2,3)9-7-8(13-4)5-6-10(9)12;/h3-22,27-28,32-33H,1-2H3;2*5-7,12H,1-4H3;/t27-,28-;;;/m1.../s1. The third-order valence-corrected chi connectivity index (χ3v) is 10.8. The van der Waals surface area contributed by atoms with Crippen LogP contribution in [0.15, 0.2) is 158 Å². The van der Waals surface area contributed by atoms with Gasteiger partial charge in [-0.3, -0.25) is 0 Å². The molecule has 62 heavy (non-hydrogen) atoms. The third-order valence-electron chi connectivity index (χ3n) is 10.8. The summed E-state index contributed by atoms with van der Waals surface area (Å²) < 4.78 is 23.2. The normalized spacial score (nSPS) is 16.1. The number of phenols is 2. The van der Waals surface area contributed by atoms with Crippen molar-refractivity contribution in [3.05, 3.63) is 191 Å². The summed E-state index contributed by atoms with van der Waals surface area (Å²) >= 11 is 0. The molecule has 7 rings (SSSR count). The second kappa shape index (κ2) is 20.5. The summed E-state index contributed by atoms with van der Waals surface area (Å²) in [5.41, 5.74) is 1.14. The molecule has 1 aliphatic heterocycles. The molecule has 2 atom stereocenters. The van der Waals surface area contributed by atoms with Crippen LogP contribution in [0.5, 0.6) is 23.0 Å². The Morgan fingerprint density at radius 1 is 0.452 bits per heavy atom. The van der Waals surface area contributed by atoms with Crippen LogP contribution >= 0.6 is 0 Å². The number of aromatic hydroxyl groups is 2. The van der Waals surface area contributed by atoms with Gasteiger partial charge in [0.15, 0.2) is 5.79 Å². The first-order chi connectivity index (χ1) is 28.8. The zero-order valence-electron chi connectivity index (χ0n) is 37.6. The van der Waals surface area contributed by atoms with Gasteiger partial charge in [0, 0.05) is 32.8 Å². The summed E-state index contributed by atoms with van der Waals surface area (Å²) in [4.78, 5) is 0. The molecule has 0 aliphatic carbocycles. The number of rotatable bonds is 8. The molecule has 0 amide bonds. The number of phenolic OH excluding ortho intramolecular Hbond substituents is 2. The maximum absolute atomic E-state index is 12.6. The number of ether oxygens (including phenoxy) is 4. The Morgan fingerprint density at radius 2 is 0.710 bits per heavy atom. The molecule has 8 nitrogen and oxygen atoms in total. The van der Waals surface area contributed by atoms with Gasteiger partial charge in [-0.25, -0.2) is 0 Å². The molecule has 0 radical (unpaired) electrons. The summed E-state index contributed by atoms with van der Waals surface area (Å²) in [6.45, 7) is 16.0. The van der Waals surface area contributed by atoms with Gasteiger partial charge in [-0.05, 0) is 83.3 Å². The average molecular weight is 875 g/mol. The zero-order chi connectivity index (χ0) is 44.6. The van der Waals surface area contributed by atoms with Crippen LogP contribution in [0.4, 0.5) is 0 Å². The number of methoxy groups -OCH3 is 2.